The smallest absolute Gasteiger partial charge is 0.0114 e. The summed E-state index contributed by atoms with van der Waals surface area (Å²) >= 11 is 0. The minimum atomic E-state index is 0.433. The largest absolute Gasteiger partial charge is 0.328 e. The Kier molecular flexibility index (Phi) is 2.61. The highest BCUT2D eigenvalue weighted by Crippen LogP contribution is 2.36. The molecule has 2 nitrogen and oxygen atoms in total. The third kappa shape index (κ3) is 2.12. The van der Waals surface area contributed by atoms with Gasteiger partial charge < -0.3 is 5.73 Å². The van der Waals surface area contributed by atoms with Crippen LogP contribution in [0.3, 0.4) is 0 Å². The highest BCUT2D eigenvalue weighted by atomic mass is 15.2. The molecule has 2 aliphatic rings. The Morgan fingerprint density at radius 1 is 1.14 bits per heavy atom. The Labute approximate surface area is 87.8 Å². The van der Waals surface area contributed by atoms with Crippen LogP contribution in [0.4, 0.5) is 0 Å². The summed E-state index contributed by atoms with van der Waals surface area (Å²) in [6.45, 7) is 8.25. The van der Waals surface area contributed by atoms with Gasteiger partial charge in [-0.1, -0.05) is 20.8 Å². The van der Waals surface area contributed by atoms with Crippen LogP contribution in [0.5, 0.6) is 0 Å². The van der Waals surface area contributed by atoms with E-state index in [0.717, 1.165) is 12.1 Å². The highest BCUT2D eigenvalue weighted by Gasteiger charge is 2.40. The van der Waals surface area contributed by atoms with E-state index in [1.54, 1.807) is 0 Å². The molecule has 2 bridgehead atoms. The van der Waals surface area contributed by atoms with Gasteiger partial charge in [0.25, 0.3) is 0 Å². The molecule has 14 heavy (non-hydrogen) atoms. The van der Waals surface area contributed by atoms with Crippen molar-refractivity contribution in [1.29, 1.82) is 0 Å². The third-order valence-electron chi connectivity index (χ3n) is 3.58. The van der Waals surface area contributed by atoms with Gasteiger partial charge in [-0.25, -0.2) is 0 Å². The molecule has 2 fully saturated rings. The van der Waals surface area contributed by atoms with Gasteiger partial charge in [-0.3, -0.25) is 4.90 Å². The summed E-state index contributed by atoms with van der Waals surface area (Å²) in [7, 11) is 0. The predicted octanol–water partition coefficient (Wildman–Crippen LogP) is 1.99. The predicted molar refractivity (Wildman–Crippen MR) is 60.2 cm³/mol. The van der Waals surface area contributed by atoms with Crippen LogP contribution in [-0.4, -0.2) is 29.6 Å². The van der Waals surface area contributed by atoms with Crippen LogP contribution in [-0.2, 0) is 0 Å². The summed E-state index contributed by atoms with van der Waals surface area (Å²) in [4.78, 5) is 2.73. The first-order valence-electron chi connectivity index (χ1n) is 5.97. The van der Waals surface area contributed by atoms with E-state index < -0.39 is 0 Å². The zero-order valence-corrected chi connectivity index (χ0v) is 9.79. The summed E-state index contributed by atoms with van der Waals surface area (Å²) in [5.41, 5.74) is 6.49. The Morgan fingerprint density at radius 3 is 2.07 bits per heavy atom. The standard InChI is InChI=1S/C12H24N2/c1-12(2,3)8-14-10-4-5-11(14)7-9(13)6-10/h9-11H,4-8,13H2,1-3H3/t9?,10-,11+. The Hall–Kier alpha value is -0.0800. The molecule has 2 rings (SSSR count). The van der Waals surface area contributed by atoms with Gasteiger partial charge in [0.2, 0.25) is 0 Å². The minimum Gasteiger partial charge on any atom is -0.328 e. The van der Waals surface area contributed by atoms with Crippen molar-refractivity contribution in [3.8, 4) is 0 Å². The summed E-state index contributed by atoms with van der Waals surface area (Å²) in [5, 5.41) is 0. The number of hydrogen-bond donors (Lipinski definition) is 1. The zero-order chi connectivity index (χ0) is 10.3. The second-order valence-electron chi connectivity index (χ2n) is 6.35. The van der Waals surface area contributed by atoms with Crippen molar-refractivity contribution in [2.45, 2.75) is 64.6 Å². The molecule has 2 heterocycles. The maximum Gasteiger partial charge on any atom is 0.0114 e. The van der Waals surface area contributed by atoms with E-state index in [9.17, 15) is 0 Å². The first-order valence-corrected chi connectivity index (χ1v) is 5.97. The summed E-state index contributed by atoms with van der Waals surface area (Å²) in [6, 6.07) is 2.06. The van der Waals surface area contributed by atoms with Gasteiger partial charge in [0, 0.05) is 24.7 Å². The van der Waals surface area contributed by atoms with Crippen molar-refractivity contribution >= 4 is 0 Å². The molecule has 0 aromatic carbocycles. The first kappa shape index (κ1) is 10.4. The van der Waals surface area contributed by atoms with Crippen molar-refractivity contribution in [2.24, 2.45) is 11.1 Å². The van der Waals surface area contributed by atoms with Crippen molar-refractivity contribution in [1.82, 2.24) is 4.90 Å². The molecule has 2 saturated heterocycles. The molecule has 0 spiro atoms. The Balaban J connectivity index is 2.01. The lowest BCUT2D eigenvalue weighted by atomic mass is 9.91. The number of piperidine rings is 1. The summed E-state index contributed by atoms with van der Waals surface area (Å²) < 4.78 is 0. The van der Waals surface area contributed by atoms with E-state index in [1.807, 2.05) is 0 Å². The first-order chi connectivity index (χ1) is 6.46. The molecule has 0 amide bonds. The van der Waals surface area contributed by atoms with Crippen LogP contribution in [0.25, 0.3) is 0 Å². The molecule has 1 unspecified atom stereocenters. The third-order valence-corrected chi connectivity index (χ3v) is 3.58. The van der Waals surface area contributed by atoms with Gasteiger partial charge in [-0.05, 0) is 31.1 Å². The molecule has 82 valence electrons. The van der Waals surface area contributed by atoms with E-state index in [4.69, 9.17) is 5.73 Å². The van der Waals surface area contributed by atoms with Gasteiger partial charge in [0.1, 0.15) is 0 Å². The van der Waals surface area contributed by atoms with Gasteiger partial charge in [-0.2, -0.15) is 0 Å². The number of nitrogens with zero attached hydrogens (tertiary/aromatic N) is 1. The monoisotopic (exact) mass is 196 g/mol. The fraction of sp³-hybridized carbons (Fsp3) is 1.00. The molecule has 0 radical (unpaired) electrons. The van der Waals surface area contributed by atoms with Crippen LogP contribution in [0, 0.1) is 5.41 Å². The highest BCUT2D eigenvalue weighted by molar-refractivity contribution is 4.97. The van der Waals surface area contributed by atoms with E-state index in [-0.39, 0.29) is 0 Å². The zero-order valence-electron chi connectivity index (χ0n) is 9.79. The number of hydrogen-bond acceptors (Lipinski definition) is 2. The molecular formula is C12H24N2. The second-order valence-corrected chi connectivity index (χ2v) is 6.35. The van der Waals surface area contributed by atoms with Crippen molar-refractivity contribution < 1.29 is 0 Å². The van der Waals surface area contributed by atoms with Crippen LogP contribution in [0.15, 0.2) is 0 Å². The fourth-order valence-corrected chi connectivity index (χ4v) is 3.12. The molecule has 0 aromatic rings. The SMILES string of the molecule is CC(C)(C)CN1[C@@H]2CC[C@H]1CC(N)C2. The number of rotatable bonds is 1. The number of nitrogens with two attached hydrogens (primary N) is 1. The maximum atomic E-state index is 6.05. The lowest BCUT2D eigenvalue weighted by Gasteiger charge is -2.41. The van der Waals surface area contributed by atoms with Crippen molar-refractivity contribution in [2.75, 3.05) is 6.54 Å². The van der Waals surface area contributed by atoms with Gasteiger partial charge in [-0.15, -0.1) is 0 Å². The van der Waals surface area contributed by atoms with Crippen LogP contribution in [0.1, 0.15) is 46.5 Å². The second kappa shape index (κ2) is 3.49. The molecule has 2 heteroatoms. The lowest BCUT2D eigenvalue weighted by Crippen LogP contribution is -2.49. The topological polar surface area (TPSA) is 29.3 Å². The Morgan fingerprint density at radius 2 is 1.64 bits per heavy atom. The molecule has 3 atom stereocenters. The number of fused-ring (bicyclic) bond motifs is 2. The minimum absolute atomic E-state index is 0.433. The average Bonchev–Trinajstić information content (AvgIpc) is 2.31. The van der Waals surface area contributed by atoms with Crippen LogP contribution in [0.2, 0.25) is 0 Å². The van der Waals surface area contributed by atoms with Gasteiger partial charge >= 0.3 is 0 Å². The summed E-state index contributed by atoms with van der Waals surface area (Å²) in [6.07, 6.45) is 5.22. The quantitative estimate of drug-likeness (QED) is 0.695. The van der Waals surface area contributed by atoms with E-state index in [2.05, 4.69) is 25.7 Å². The van der Waals surface area contributed by atoms with E-state index >= 15 is 0 Å². The summed E-state index contributed by atoms with van der Waals surface area (Å²) in [5.74, 6) is 0. The van der Waals surface area contributed by atoms with E-state index in [1.165, 1.54) is 32.2 Å². The Bertz CT molecular complexity index is 193. The van der Waals surface area contributed by atoms with E-state index in [0.29, 0.717) is 11.5 Å². The van der Waals surface area contributed by atoms with Crippen molar-refractivity contribution in [3.63, 3.8) is 0 Å². The molecule has 2 aliphatic heterocycles. The molecule has 2 N–H and O–H groups in total. The van der Waals surface area contributed by atoms with Crippen molar-refractivity contribution in [3.05, 3.63) is 0 Å². The van der Waals surface area contributed by atoms with Gasteiger partial charge in [0.05, 0.1) is 0 Å². The molecular weight excluding hydrogens is 172 g/mol. The maximum absolute atomic E-state index is 6.05. The average molecular weight is 196 g/mol. The fourth-order valence-electron chi connectivity index (χ4n) is 3.12. The van der Waals surface area contributed by atoms with Crippen LogP contribution < -0.4 is 5.73 Å². The lowest BCUT2D eigenvalue weighted by molar-refractivity contribution is 0.0872. The molecule has 0 aromatic heterocycles. The molecule has 0 saturated carbocycles. The van der Waals surface area contributed by atoms with Crippen LogP contribution >= 0.6 is 0 Å². The normalized spacial score (nSPS) is 39.0. The molecule has 0 aliphatic carbocycles. The van der Waals surface area contributed by atoms with Gasteiger partial charge in [0.15, 0.2) is 0 Å².